The van der Waals surface area contributed by atoms with E-state index in [2.05, 4.69) is 28.7 Å². The molecule has 0 saturated heterocycles. The van der Waals surface area contributed by atoms with Gasteiger partial charge in [0.05, 0.1) is 0 Å². The van der Waals surface area contributed by atoms with Crippen LogP contribution in [0.15, 0.2) is 12.2 Å². The molecule has 0 aliphatic heterocycles. The van der Waals surface area contributed by atoms with Crippen LogP contribution in [0.25, 0.3) is 0 Å². The van der Waals surface area contributed by atoms with Gasteiger partial charge in [0, 0.05) is 5.88 Å². The summed E-state index contributed by atoms with van der Waals surface area (Å²) in [6, 6.07) is 0. The van der Waals surface area contributed by atoms with E-state index in [1.54, 1.807) is 0 Å². The van der Waals surface area contributed by atoms with Crippen LogP contribution in [0.2, 0.25) is 0 Å². The van der Waals surface area contributed by atoms with E-state index in [0.717, 1.165) is 0 Å². The Bertz CT molecular complexity index is 71.3. The Morgan fingerprint density at radius 2 is 2.00 bits per heavy atom. The van der Waals surface area contributed by atoms with Crippen molar-refractivity contribution in [1.29, 1.82) is 0 Å². The zero-order chi connectivity index (χ0) is 6.95. The van der Waals surface area contributed by atoms with Gasteiger partial charge in [0.15, 0.2) is 0 Å². The SMILES string of the molecule is ClCC=CCCCCI. The molecule has 0 aromatic heterocycles. The Balaban J connectivity index is 2.82. The highest BCUT2D eigenvalue weighted by molar-refractivity contribution is 14.1. The van der Waals surface area contributed by atoms with E-state index in [1.807, 2.05) is 6.08 Å². The Kier molecular flexibility index (Phi) is 9.50. The summed E-state index contributed by atoms with van der Waals surface area (Å²) in [5.41, 5.74) is 0. The van der Waals surface area contributed by atoms with Crippen LogP contribution in [-0.2, 0) is 0 Å². The van der Waals surface area contributed by atoms with Gasteiger partial charge in [-0.3, -0.25) is 0 Å². The second-order valence-corrected chi connectivity index (χ2v) is 3.20. The smallest absolute Gasteiger partial charge is 0.0404 e. The fraction of sp³-hybridized carbons (Fsp3) is 0.714. The number of unbranched alkanes of at least 4 members (excludes halogenated alkanes) is 2. The second-order valence-electron chi connectivity index (χ2n) is 1.81. The lowest BCUT2D eigenvalue weighted by atomic mass is 10.2. The summed E-state index contributed by atoms with van der Waals surface area (Å²) in [6.07, 6.45) is 7.98. The van der Waals surface area contributed by atoms with E-state index in [4.69, 9.17) is 11.6 Å². The van der Waals surface area contributed by atoms with E-state index >= 15 is 0 Å². The maximum absolute atomic E-state index is 5.43. The van der Waals surface area contributed by atoms with Crippen molar-refractivity contribution in [3.8, 4) is 0 Å². The number of allylic oxidation sites excluding steroid dienone is 2. The highest BCUT2D eigenvalue weighted by Crippen LogP contribution is 1.99. The molecule has 0 aromatic carbocycles. The number of hydrogen-bond donors (Lipinski definition) is 0. The molecule has 0 aromatic rings. The van der Waals surface area contributed by atoms with Gasteiger partial charge in [0.2, 0.25) is 0 Å². The van der Waals surface area contributed by atoms with E-state index in [9.17, 15) is 0 Å². The van der Waals surface area contributed by atoms with Gasteiger partial charge >= 0.3 is 0 Å². The van der Waals surface area contributed by atoms with Gasteiger partial charge in [0.25, 0.3) is 0 Å². The van der Waals surface area contributed by atoms with Gasteiger partial charge in [-0.25, -0.2) is 0 Å². The van der Waals surface area contributed by atoms with Crippen LogP contribution >= 0.6 is 34.2 Å². The number of rotatable bonds is 5. The van der Waals surface area contributed by atoms with Crippen LogP contribution in [0.5, 0.6) is 0 Å². The largest absolute Gasteiger partial charge is 0.122 e. The van der Waals surface area contributed by atoms with Crippen LogP contribution in [-0.4, -0.2) is 10.3 Å². The molecule has 0 aliphatic rings. The summed E-state index contributed by atoms with van der Waals surface area (Å²) in [4.78, 5) is 0. The number of hydrogen-bond acceptors (Lipinski definition) is 0. The van der Waals surface area contributed by atoms with Crippen molar-refractivity contribution in [3.63, 3.8) is 0 Å². The minimum atomic E-state index is 0.657. The van der Waals surface area contributed by atoms with Crippen molar-refractivity contribution < 1.29 is 0 Å². The first-order valence-electron chi connectivity index (χ1n) is 3.18. The van der Waals surface area contributed by atoms with Gasteiger partial charge in [-0.1, -0.05) is 34.7 Å². The topological polar surface area (TPSA) is 0 Å². The second kappa shape index (κ2) is 8.76. The summed E-state index contributed by atoms with van der Waals surface area (Å²) >= 11 is 7.82. The summed E-state index contributed by atoms with van der Waals surface area (Å²) in [5, 5.41) is 0. The average Bonchev–Trinajstić information content (AvgIpc) is 1.89. The van der Waals surface area contributed by atoms with Crippen molar-refractivity contribution in [2.45, 2.75) is 19.3 Å². The average molecular weight is 259 g/mol. The monoisotopic (exact) mass is 258 g/mol. The van der Waals surface area contributed by atoms with Gasteiger partial charge in [-0.2, -0.15) is 0 Å². The zero-order valence-corrected chi connectivity index (χ0v) is 8.36. The molecule has 2 heteroatoms. The molecule has 0 atom stereocenters. The Hall–Kier alpha value is 0.760. The molecule has 0 rings (SSSR count). The molecule has 0 N–H and O–H groups in total. The van der Waals surface area contributed by atoms with Crippen LogP contribution in [0, 0.1) is 0 Å². The minimum absolute atomic E-state index is 0.657. The molecule has 0 spiro atoms. The normalized spacial score (nSPS) is 10.9. The molecule has 0 saturated carbocycles. The third-order valence-electron chi connectivity index (χ3n) is 1.01. The fourth-order valence-corrected chi connectivity index (χ4v) is 1.20. The molecule has 0 fully saturated rings. The first-order chi connectivity index (χ1) is 4.41. The van der Waals surface area contributed by atoms with Crippen molar-refractivity contribution in [1.82, 2.24) is 0 Å². The molecule has 0 radical (unpaired) electrons. The molecular formula is C7H12ClI. The van der Waals surface area contributed by atoms with Gasteiger partial charge < -0.3 is 0 Å². The van der Waals surface area contributed by atoms with Gasteiger partial charge in [-0.05, 0) is 23.7 Å². The predicted molar refractivity (Wildman–Crippen MR) is 52.6 cm³/mol. The van der Waals surface area contributed by atoms with E-state index in [0.29, 0.717) is 5.88 Å². The lowest BCUT2D eigenvalue weighted by molar-refractivity contribution is 0.830. The van der Waals surface area contributed by atoms with Crippen molar-refractivity contribution >= 4 is 34.2 Å². The van der Waals surface area contributed by atoms with Crippen LogP contribution in [0.1, 0.15) is 19.3 Å². The molecule has 0 heterocycles. The number of alkyl halides is 2. The summed E-state index contributed by atoms with van der Waals surface area (Å²) < 4.78 is 1.27. The Morgan fingerprint density at radius 1 is 1.22 bits per heavy atom. The Labute approximate surface area is 75.8 Å². The highest BCUT2D eigenvalue weighted by atomic mass is 127. The molecule has 54 valence electrons. The number of halogens is 2. The minimum Gasteiger partial charge on any atom is -0.122 e. The lowest BCUT2D eigenvalue weighted by Crippen LogP contribution is -1.73. The highest BCUT2D eigenvalue weighted by Gasteiger charge is 1.80. The van der Waals surface area contributed by atoms with Gasteiger partial charge in [-0.15, -0.1) is 11.6 Å². The van der Waals surface area contributed by atoms with Crippen LogP contribution in [0.3, 0.4) is 0 Å². The fourth-order valence-electron chi connectivity index (χ4n) is 0.538. The Morgan fingerprint density at radius 3 is 2.56 bits per heavy atom. The van der Waals surface area contributed by atoms with Crippen molar-refractivity contribution in [2.24, 2.45) is 0 Å². The predicted octanol–water partition coefficient (Wildman–Crippen LogP) is 3.39. The summed E-state index contributed by atoms with van der Waals surface area (Å²) in [6.45, 7) is 0. The van der Waals surface area contributed by atoms with Crippen LogP contribution < -0.4 is 0 Å². The summed E-state index contributed by atoms with van der Waals surface area (Å²) in [7, 11) is 0. The van der Waals surface area contributed by atoms with Crippen molar-refractivity contribution in [3.05, 3.63) is 12.2 Å². The van der Waals surface area contributed by atoms with Crippen molar-refractivity contribution in [2.75, 3.05) is 10.3 Å². The van der Waals surface area contributed by atoms with E-state index < -0.39 is 0 Å². The molecule has 0 aliphatic carbocycles. The lowest BCUT2D eigenvalue weighted by Gasteiger charge is -1.88. The molecule has 0 nitrogen and oxygen atoms in total. The standard InChI is InChI=1S/C7H12ClI/c8-6-4-2-1-3-5-7-9/h2,4H,1,3,5-7H2. The molecule has 0 amide bonds. The summed E-state index contributed by atoms with van der Waals surface area (Å²) in [5.74, 6) is 0.657. The maximum Gasteiger partial charge on any atom is 0.0404 e. The quantitative estimate of drug-likeness (QED) is 0.307. The third-order valence-corrected chi connectivity index (χ3v) is 1.95. The zero-order valence-electron chi connectivity index (χ0n) is 5.45. The first-order valence-corrected chi connectivity index (χ1v) is 5.24. The van der Waals surface area contributed by atoms with E-state index in [1.165, 1.54) is 23.7 Å². The van der Waals surface area contributed by atoms with Crippen LogP contribution in [0.4, 0.5) is 0 Å². The maximum atomic E-state index is 5.43. The third kappa shape index (κ3) is 8.76. The first kappa shape index (κ1) is 9.76. The molecular weight excluding hydrogens is 246 g/mol. The molecule has 9 heavy (non-hydrogen) atoms. The molecule has 0 unspecified atom stereocenters. The van der Waals surface area contributed by atoms with E-state index in [-0.39, 0.29) is 0 Å². The van der Waals surface area contributed by atoms with Gasteiger partial charge in [0.1, 0.15) is 0 Å². The molecule has 0 bridgehead atoms.